The molecule has 2 unspecified atom stereocenters. The van der Waals surface area contributed by atoms with Crippen molar-refractivity contribution < 1.29 is 0 Å². The first-order valence-corrected chi connectivity index (χ1v) is 8.13. The second kappa shape index (κ2) is 8.23. The largest absolute Gasteiger partial charge is 0.313 e. The monoisotopic (exact) mass is 269 g/mol. The lowest BCUT2D eigenvalue weighted by Crippen LogP contribution is -2.49. The molecule has 0 saturated carbocycles. The molecule has 0 aromatic carbocycles. The van der Waals surface area contributed by atoms with Crippen molar-refractivity contribution in [3.8, 4) is 0 Å². The fourth-order valence-corrected chi connectivity index (χ4v) is 3.24. The van der Waals surface area contributed by atoms with E-state index in [1.807, 2.05) is 0 Å². The number of likely N-dealkylation sites (tertiary alicyclic amines) is 1. The number of nitrogens with one attached hydrogen (secondary N) is 1. The highest BCUT2D eigenvalue weighted by Crippen LogP contribution is 2.19. The first-order chi connectivity index (χ1) is 8.95. The van der Waals surface area contributed by atoms with Gasteiger partial charge >= 0.3 is 0 Å². The zero-order valence-electron chi connectivity index (χ0n) is 13.9. The van der Waals surface area contributed by atoms with Crippen molar-refractivity contribution in [2.24, 2.45) is 5.92 Å². The lowest BCUT2D eigenvalue weighted by Gasteiger charge is -2.36. The van der Waals surface area contributed by atoms with Crippen LogP contribution >= 0.6 is 0 Å². The summed E-state index contributed by atoms with van der Waals surface area (Å²) in [4.78, 5) is 5.22. The Kier molecular flexibility index (Phi) is 7.33. The molecule has 0 spiro atoms. The van der Waals surface area contributed by atoms with Crippen LogP contribution in [0.3, 0.4) is 0 Å². The smallest absolute Gasteiger partial charge is 0.0241 e. The highest BCUT2D eigenvalue weighted by Gasteiger charge is 2.27. The summed E-state index contributed by atoms with van der Waals surface area (Å²) in [6.07, 6.45) is 2.75. The predicted octanol–water partition coefficient (Wildman–Crippen LogP) is 2.43. The van der Waals surface area contributed by atoms with Crippen molar-refractivity contribution in [1.82, 2.24) is 15.1 Å². The van der Waals surface area contributed by atoms with E-state index in [2.05, 4.69) is 56.8 Å². The Bertz CT molecular complexity index is 240. The second-order valence-corrected chi connectivity index (χ2v) is 6.74. The highest BCUT2D eigenvalue weighted by atomic mass is 15.2. The lowest BCUT2D eigenvalue weighted by atomic mass is 10.0. The van der Waals surface area contributed by atoms with Crippen LogP contribution in [0.2, 0.25) is 0 Å². The minimum absolute atomic E-state index is 0.577. The van der Waals surface area contributed by atoms with E-state index < -0.39 is 0 Å². The molecule has 3 nitrogen and oxygen atoms in total. The average molecular weight is 269 g/mol. The molecule has 0 bridgehead atoms. The zero-order valence-corrected chi connectivity index (χ0v) is 13.9. The molecule has 1 rings (SSSR count). The van der Waals surface area contributed by atoms with Crippen LogP contribution in [0.25, 0.3) is 0 Å². The van der Waals surface area contributed by atoms with E-state index in [9.17, 15) is 0 Å². The van der Waals surface area contributed by atoms with Gasteiger partial charge in [0.15, 0.2) is 0 Å². The Morgan fingerprint density at radius 1 is 1.26 bits per heavy atom. The summed E-state index contributed by atoms with van der Waals surface area (Å²) in [6.45, 7) is 16.3. The molecular weight excluding hydrogens is 234 g/mol. The van der Waals surface area contributed by atoms with Gasteiger partial charge in [0.1, 0.15) is 0 Å². The van der Waals surface area contributed by atoms with Crippen LogP contribution in [-0.2, 0) is 0 Å². The molecule has 1 saturated heterocycles. The summed E-state index contributed by atoms with van der Waals surface area (Å²) >= 11 is 0. The van der Waals surface area contributed by atoms with Gasteiger partial charge in [0.05, 0.1) is 0 Å². The third-order valence-corrected chi connectivity index (χ3v) is 4.47. The molecular formula is C16H35N3. The third kappa shape index (κ3) is 5.41. The van der Waals surface area contributed by atoms with Crippen molar-refractivity contribution >= 4 is 0 Å². The van der Waals surface area contributed by atoms with E-state index in [-0.39, 0.29) is 0 Å². The van der Waals surface area contributed by atoms with Gasteiger partial charge in [-0.05, 0) is 38.9 Å². The molecule has 19 heavy (non-hydrogen) atoms. The molecule has 0 amide bonds. The van der Waals surface area contributed by atoms with Crippen LogP contribution < -0.4 is 5.32 Å². The van der Waals surface area contributed by atoms with E-state index in [1.165, 1.54) is 32.5 Å². The number of nitrogens with zero attached hydrogens (tertiary/aromatic N) is 2. The van der Waals surface area contributed by atoms with Gasteiger partial charge in [0.25, 0.3) is 0 Å². The molecule has 0 aliphatic carbocycles. The average Bonchev–Trinajstić information content (AvgIpc) is 2.75. The van der Waals surface area contributed by atoms with Crippen molar-refractivity contribution in [2.45, 2.75) is 65.6 Å². The van der Waals surface area contributed by atoms with Crippen LogP contribution in [-0.4, -0.2) is 61.2 Å². The summed E-state index contributed by atoms with van der Waals surface area (Å²) in [5, 5.41) is 3.60. The zero-order chi connectivity index (χ0) is 14.4. The normalized spacial score (nSPS) is 22.9. The first kappa shape index (κ1) is 16.9. The molecule has 1 heterocycles. The van der Waals surface area contributed by atoms with E-state index in [1.54, 1.807) is 0 Å². The molecule has 1 aliphatic rings. The second-order valence-electron chi connectivity index (χ2n) is 6.74. The quantitative estimate of drug-likeness (QED) is 0.730. The minimum atomic E-state index is 0.577. The van der Waals surface area contributed by atoms with Gasteiger partial charge in [0, 0.05) is 31.2 Å². The summed E-state index contributed by atoms with van der Waals surface area (Å²) in [7, 11) is 2.30. The van der Waals surface area contributed by atoms with Crippen molar-refractivity contribution in [2.75, 3.05) is 33.2 Å². The molecule has 0 radical (unpaired) electrons. The molecule has 0 aromatic rings. The molecule has 0 aromatic heterocycles. The number of rotatable bonds is 8. The third-order valence-electron chi connectivity index (χ3n) is 4.47. The fourth-order valence-electron chi connectivity index (χ4n) is 3.24. The summed E-state index contributed by atoms with van der Waals surface area (Å²) < 4.78 is 0. The fraction of sp³-hybridized carbons (Fsp3) is 1.00. The Labute approximate surface area is 120 Å². The predicted molar refractivity (Wildman–Crippen MR) is 84.7 cm³/mol. The number of hydrogen-bond acceptors (Lipinski definition) is 3. The van der Waals surface area contributed by atoms with Gasteiger partial charge in [0.2, 0.25) is 0 Å². The van der Waals surface area contributed by atoms with Crippen LogP contribution in [0.15, 0.2) is 0 Å². The van der Waals surface area contributed by atoms with Crippen LogP contribution in [0.5, 0.6) is 0 Å². The van der Waals surface area contributed by atoms with Crippen molar-refractivity contribution in [3.63, 3.8) is 0 Å². The number of hydrogen-bond donors (Lipinski definition) is 1. The summed E-state index contributed by atoms with van der Waals surface area (Å²) in [5.74, 6) is 0.702. The maximum atomic E-state index is 3.60. The van der Waals surface area contributed by atoms with Gasteiger partial charge in [-0.1, -0.05) is 34.6 Å². The Morgan fingerprint density at radius 2 is 1.95 bits per heavy atom. The lowest BCUT2D eigenvalue weighted by molar-refractivity contribution is 0.134. The molecule has 1 N–H and O–H groups in total. The van der Waals surface area contributed by atoms with Gasteiger partial charge in [-0.15, -0.1) is 0 Å². The molecule has 3 heteroatoms. The van der Waals surface area contributed by atoms with E-state index >= 15 is 0 Å². The molecule has 114 valence electrons. The minimum Gasteiger partial charge on any atom is -0.313 e. The summed E-state index contributed by atoms with van der Waals surface area (Å²) in [5.41, 5.74) is 0. The van der Waals surface area contributed by atoms with Gasteiger partial charge in [-0.2, -0.15) is 0 Å². The topological polar surface area (TPSA) is 18.5 Å². The standard InChI is InChI=1S/C16H35N3/c1-7-19-10-8-9-15(19)12-18(6)16(13(2)3)11-17-14(4)5/h13-17H,7-12H2,1-6H3. The molecule has 1 aliphatic heterocycles. The Hall–Kier alpha value is -0.120. The van der Waals surface area contributed by atoms with Crippen LogP contribution in [0, 0.1) is 5.92 Å². The Balaban J connectivity index is 2.49. The summed E-state index contributed by atoms with van der Waals surface area (Å²) in [6, 6.07) is 1.99. The van der Waals surface area contributed by atoms with Crippen LogP contribution in [0.4, 0.5) is 0 Å². The van der Waals surface area contributed by atoms with Gasteiger partial charge in [-0.3, -0.25) is 4.90 Å². The van der Waals surface area contributed by atoms with E-state index in [0.29, 0.717) is 18.0 Å². The molecule has 1 fully saturated rings. The first-order valence-electron chi connectivity index (χ1n) is 8.13. The van der Waals surface area contributed by atoms with E-state index in [4.69, 9.17) is 0 Å². The van der Waals surface area contributed by atoms with Gasteiger partial charge in [-0.25, -0.2) is 0 Å². The van der Waals surface area contributed by atoms with E-state index in [0.717, 1.165) is 12.6 Å². The SMILES string of the molecule is CCN1CCCC1CN(C)C(CNC(C)C)C(C)C. The Morgan fingerprint density at radius 3 is 2.47 bits per heavy atom. The molecule has 2 atom stereocenters. The highest BCUT2D eigenvalue weighted by molar-refractivity contribution is 4.84. The number of likely N-dealkylation sites (N-methyl/N-ethyl adjacent to an activating group) is 2. The maximum Gasteiger partial charge on any atom is 0.0241 e. The van der Waals surface area contributed by atoms with Crippen LogP contribution in [0.1, 0.15) is 47.5 Å². The van der Waals surface area contributed by atoms with Gasteiger partial charge < -0.3 is 10.2 Å². The van der Waals surface area contributed by atoms with Crippen molar-refractivity contribution in [3.05, 3.63) is 0 Å². The van der Waals surface area contributed by atoms with Crippen molar-refractivity contribution in [1.29, 1.82) is 0 Å². The maximum absolute atomic E-state index is 3.60.